The number of likely N-dealkylation sites (N-methyl/N-ethyl adjacent to an activating group) is 1. The number of carbonyl (C=O) groups excluding carboxylic acids is 1. The fraction of sp³-hybridized carbons (Fsp3) is 0.932. The van der Waals surface area contributed by atoms with E-state index in [0.717, 1.165) is 44.9 Å². The third-order valence-corrected chi connectivity index (χ3v) is 18.2. The summed E-state index contributed by atoms with van der Waals surface area (Å²) in [4.78, 5) is 25.7. The van der Waals surface area contributed by atoms with Gasteiger partial charge in [-0.25, -0.2) is 0 Å². The minimum absolute atomic E-state index is 0.0148. The number of rotatable bonds is 69. The third-order valence-electron chi connectivity index (χ3n) is 17.2. The van der Waals surface area contributed by atoms with E-state index in [0.29, 0.717) is 23.9 Å². The highest BCUT2D eigenvalue weighted by Crippen LogP contribution is 2.38. The maximum Gasteiger partial charge on any atom is 0.268 e. The standard InChI is InChI=1S/C73H145N2O6P/c1-6-8-10-12-14-16-18-20-22-24-26-28-30-32-34-36-37-39-40-42-44-46-48-50-52-54-56-58-60-62-64-66-72(76)71(70-81-82(78,79)80-69-68-75(3,4)5)74-73(77)67-65-63-61-59-57-55-53-51-49-47-45-43-41-38-35-33-31-29-27-25-23-21-19-17-15-13-11-9-7-2/h19,21,25,27,71-72,76H,6-18,20,22-24,26,28-70H2,1-5H3,(H-,74,77,78,79)/b21-19-,27-25-. The van der Waals surface area contributed by atoms with E-state index < -0.39 is 20.0 Å². The summed E-state index contributed by atoms with van der Waals surface area (Å²) in [5, 5.41) is 14.1. The van der Waals surface area contributed by atoms with Crippen LogP contribution in [0.5, 0.6) is 0 Å². The van der Waals surface area contributed by atoms with Gasteiger partial charge in [0.1, 0.15) is 13.2 Å². The summed E-state index contributed by atoms with van der Waals surface area (Å²) in [7, 11) is 1.33. The second kappa shape index (κ2) is 64.5. The summed E-state index contributed by atoms with van der Waals surface area (Å²) >= 11 is 0. The van der Waals surface area contributed by atoms with E-state index in [9.17, 15) is 19.4 Å². The van der Waals surface area contributed by atoms with Crippen LogP contribution in [0, 0.1) is 0 Å². The van der Waals surface area contributed by atoms with Crippen LogP contribution in [0.3, 0.4) is 0 Å². The van der Waals surface area contributed by atoms with E-state index in [2.05, 4.69) is 43.5 Å². The van der Waals surface area contributed by atoms with Crippen LogP contribution in [0.1, 0.15) is 386 Å². The lowest BCUT2D eigenvalue weighted by molar-refractivity contribution is -0.870. The molecule has 0 aromatic rings. The van der Waals surface area contributed by atoms with Gasteiger partial charge in [0, 0.05) is 6.42 Å². The largest absolute Gasteiger partial charge is 0.756 e. The number of quaternary nitrogens is 1. The zero-order chi connectivity index (χ0) is 59.8. The fourth-order valence-electron chi connectivity index (χ4n) is 11.5. The Kier molecular flexibility index (Phi) is 63.7. The molecule has 488 valence electrons. The van der Waals surface area contributed by atoms with Crippen LogP contribution >= 0.6 is 7.82 Å². The molecule has 0 aliphatic rings. The van der Waals surface area contributed by atoms with Crippen LogP contribution in [0.25, 0.3) is 0 Å². The van der Waals surface area contributed by atoms with Crippen molar-refractivity contribution >= 4 is 13.7 Å². The van der Waals surface area contributed by atoms with Gasteiger partial charge in [0.2, 0.25) is 5.91 Å². The van der Waals surface area contributed by atoms with E-state index in [1.54, 1.807) is 0 Å². The number of aliphatic hydroxyl groups is 1. The maximum atomic E-state index is 13.1. The first-order valence-corrected chi connectivity index (χ1v) is 38.1. The maximum absolute atomic E-state index is 13.1. The van der Waals surface area contributed by atoms with Crippen molar-refractivity contribution in [1.82, 2.24) is 5.32 Å². The highest BCUT2D eigenvalue weighted by atomic mass is 31.2. The molecular weight excluding hydrogens is 1030 g/mol. The lowest BCUT2D eigenvalue weighted by Gasteiger charge is -2.30. The van der Waals surface area contributed by atoms with E-state index in [-0.39, 0.29) is 19.1 Å². The fourth-order valence-corrected chi connectivity index (χ4v) is 12.2. The van der Waals surface area contributed by atoms with E-state index in [1.165, 1.54) is 315 Å². The molecular formula is C73H145N2O6P. The number of nitrogens with one attached hydrogen (secondary N) is 1. The summed E-state index contributed by atoms with van der Waals surface area (Å²) in [5.74, 6) is -0.156. The highest BCUT2D eigenvalue weighted by Gasteiger charge is 2.24. The molecule has 1 amide bonds. The number of phosphoric acid groups is 1. The summed E-state index contributed by atoms with van der Waals surface area (Å²) in [5.41, 5.74) is 0. The van der Waals surface area contributed by atoms with Crippen molar-refractivity contribution in [2.24, 2.45) is 0 Å². The van der Waals surface area contributed by atoms with Gasteiger partial charge in [-0.1, -0.05) is 359 Å². The second-order valence-corrected chi connectivity index (χ2v) is 28.1. The zero-order valence-electron chi connectivity index (χ0n) is 56.0. The number of allylic oxidation sites excluding steroid dienone is 4. The van der Waals surface area contributed by atoms with Crippen molar-refractivity contribution in [3.8, 4) is 0 Å². The third kappa shape index (κ3) is 66.5. The van der Waals surface area contributed by atoms with Gasteiger partial charge in [-0.15, -0.1) is 0 Å². The molecule has 3 unspecified atom stereocenters. The summed E-state index contributed by atoms with van der Waals surface area (Å²) in [6.07, 6.45) is 84.1. The van der Waals surface area contributed by atoms with Crippen LogP contribution in [0.4, 0.5) is 0 Å². The monoisotopic (exact) mass is 1180 g/mol. The minimum Gasteiger partial charge on any atom is -0.756 e. The molecule has 0 rings (SSSR count). The average molecular weight is 1180 g/mol. The number of aliphatic hydroxyl groups excluding tert-OH is 1. The number of carbonyl (C=O) groups is 1. The average Bonchev–Trinajstić information content (AvgIpc) is 3.47. The van der Waals surface area contributed by atoms with Gasteiger partial charge >= 0.3 is 0 Å². The Morgan fingerprint density at radius 2 is 0.707 bits per heavy atom. The van der Waals surface area contributed by atoms with Gasteiger partial charge in [0.15, 0.2) is 0 Å². The van der Waals surface area contributed by atoms with Crippen LogP contribution < -0.4 is 10.2 Å². The molecule has 8 nitrogen and oxygen atoms in total. The van der Waals surface area contributed by atoms with Crippen molar-refractivity contribution in [2.45, 2.75) is 398 Å². The molecule has 0 aromatic heterocycles. The molecule has 0 bridgehead atoms. The molecule has 0 fully saturated rings. The predicted molar refractivity (Wildman–Crippen MR) is 358 cm³/mol. The topological polar surface area (TPSA) is 108 Å². The Labute approximate surface area is 513 Å². The first-order chi connectivity index (χ1) is 40.0. The molecule has 0 aromatic carbocycles. The van der Waals surface area contributed by atoms with Gasteiger partial charge in [-0.05, 0) is 44.9 Å². The molecule has 82 heavy (non-hydrogen) atoms. The predicted octanol–water partition coefficient (Wildman–Crippen LogP) is 22.8. The zero-order valence-corrected chi connectivity index (χ0v) is 56.9. The van der Waals surface area contributed by atoms with Gasteiger partial charge in [-0.3, -0.25) is 9.36 Å². The normalized spacial score (nSPS) is 13.7. The Morgan fingerprint density at radius 3 is 1.01 bits per heavy atom. The van der Waals surface area contributed by atoms with Crippen molar-refractivity contribution in [3.63, 3.8) is 0 Å². The molecule has 2 N–H and O–H groups in total. The second-order valence-electron chi connectivity index (χ2n) is 26.7. The number of hydrogen-bond acceptors (Lipinski definition) is 6. The molecule has 0 saturated carbocycles. The lowest BCUT2D eigenvalue weighted by Crippen LogP contribution is -2.46. The minimum atomic E-state index is -4.58. The van der Waals surface area contributed by atoms with Crippen molar-refractivity contribution in [2.75, 3.05) is 40.9 Å². The summed E-state index contributed by atoms with van der Waals surface area (Å²) < 4.78 is 23.6. The van der Waals surface area contributed by atoms with Crippen LogP contribution in [0.2, 0.25) is 0 Å². The van der Waals surface area contributed by atoms with E-state index in [1.807, 2.05) is 21.1 Å². The van der Waals surface area contributed by atoms with Gasteiger partial charge < -0.3 is 28.8 Å². The lowest BCUT2D eigenvalue weighted by atomic mass is 10.0. The number of phosphoric ester groups is 1. The smallest absolute Gasteiger partial charge is 0.268 e. The first-order valence-electron chi connectivity index (χ1n) is 36.7. The SMILES string of the molecule is CCCCCCC/C=C\C/C=C\CCCCCCCCCCCCCCCCCCCC(=O)NC(COP(=O)([O-])OCC[N+](C)(C)C)C(O)CCCCCCCCCCCCCCCCCCCCCCCCCCCCCCCCC. The van der Waals surface area contributed by atoms with Crippen molar-refractivity contribution < 1.29 is 32.9 Å². The molecule has 9 heteroatoms. The molecule has 0 radical (unpaired) electrons. The first kappa shape index (κ1) is 81.0. The number of unbranched alkanes of at least 4 members (excludes halogenated alkanes) is 52. The molecule has 0 spiro atoms. The molecule has 3 atom stereocenters. The number of amides is 1. The van der Waals surface area contributed by atoms with Crippen LogP contribution in [-0.4, -0.2) is 68.5 Å². The van der Waals surface area contributed by atoms with Crippen LogP contribution in [-0.2, 0) is 18.4 Å². The quantitative estimate of drug-likeness (QED) is 0.0272. The molecule has 0 aliphatic heterocycles. The molecule has 0 aliphatic carbocycles. The highest BCUT2D eigenvalue weighted by molar-refractivity contribution is 7.45. The molecule has 0 saturated heterocycles. The van der Waals surface area contributed by atoms with E-state index >= 15 is 0 Å². The Hall–Kier alpha value is -1.02. The summed E-state index contributed by atoms with van der Waals surface area (Å²) in [6.45, 7) is 4.78. The van der Waals surface area contributed by atoms with Gasteiger partial charge in [0.25, 0.3) is 7.82 Å². The van der Waals surface area contributed by atoms with Crippen molar-refractivity contribution in [3.05, 3.63) is 24.3 Å². The Bertz CT molecular complexity index is 1390. The van der Waals surface area contributed by atoms with Crippen molar-refractivity contribution in [1.29, 1.82) is 0 Å². The van der Waals surface area contributed by atoms with Gasteiger partial charge in [0.05, 0.1) is 39.9 Å². The van der Waals surface area contributed by atoms with E-state index in [4.69, 9.17) is 9.05 Å². The van der Waals surface area contributed by atoms with Crippen LogP contribution in [0.15, 0.2) is 24.3 Å². The number of nitrogens with zero attached hydrogens (tertiary/aromatic N) is 1. The number of hydrogen-bond donors (Lipinski definition) is 2. The van der Waals surface area contributed by atoms with Gasteiger partial charge in [-0.2, -0.15) is 0 Å². The Morgan fingerprint density at radius 1 is 0.427 bits per heavy atom. The summed E-state index contributed by atoms with van der Waals surface area (Å²) in [6, 6.07) is -0.800. The Balaban J connectivity index is 3.98. The molecule has 0 heterocycles.